The van der Waals surface area contributed by atoms with Gasteiger partial charge in [0.25, 0.3) is 0 Å². The summed E-state index contributed by atoms with van der Waals surface area (Å²) in [5.41, 5.74) is 2.30. The van der Waals surface area contributed by atoms with Gasteiger partial charge in [-0.3, -0.25) is 0 Å². The normalized spacial score (nSPS) is 10.3. The molecule has 0 spiro atoms. The molecule has 1 aromatic rings. The van der Waals surface area contributed by atoms with Gasteiger partial charge in [0.05, 0.1) is 15.7 Å². The molecule has 0 saturated heterocycles. The molecule has 1 rings (SSSR count). The van der Waals surface area contributed by atoms with Crippen LogP contribution in [0.25, 0.3) is 0 Å². The smallest absolute Gasteiger partial charge is 0.171 e. The second-order valence-electron chi connectivity index (χ2n) is 5.90. The Labute approximate surface area is 172 Å². The summed E-state index contributed by atoms with van der Waals surface area (Å²) in [5, 5.41) is 3.88. The van der Waals surface area contributed by atoms with Gasteiger partial charge in [0.15, 0.2) is 11.6 Å². The number of nitrogens with zero attached hydrogens (tertiary/aromatic N) is 1. The van der Waals surface area contributed by atoms with Crippen LogP contribution in [0.2, 0.25) is 0 Å². The van der Waals surface area contributed by atoms with E-state index in [2.05, 4.69) is 37.0 Å². The van der Waals surface area contributed by atoms with Gasteiger partial charge in [-0.25, -0.2) is 4.39 Å². The van der Waals surface area contributed by atoms with Crippen molar-refractivity contribution in [2.75, 3.05) is 19.8 Å². The first kappa shape index (κ1) is 23.0. The monoisotopic (exact) mass is 493 g/mol. The van der Waals surface area contributed by atoms with E-state index in [0.29, 0.717) is 30.9 Å². The number of ether oxygens (including phenoxy) is 2. The summed E-state index contributed by atoms with van der Waals surface area (Å²) in [4.78, 5) is 5.15. The fourth-order valence-corrected chi connectivity index (χ4v) is 2.51. The minimum absolute atomic E-state index is 0.241. The van der Waals surface area contributed by atoms with E-state index in [1.54, 1.807) is 12.1 Å². The lowest BCUT2D eigenvalue weighted by molar-refractivity contribution is 0.135. The van der Waals surface area contributed by atoms with Crippen LogP contribution in [0.4, 0.5) is 4.39 Å². The summed E-state index contributed by atoms with van der Waals surface area (Å²) >= 11 is 6.49. The van der Waals surface area contributed by atoms with Crippen LogP contribution in [0.15, 0.2) is 20.7 Å². The first-order chi connectivity index (χ1) is 12.4. The van der Waals surface area contributed by atoms with Crippen LogP contribution in [0.3, 0.4) is 0 Å². The second-order valence-corrected chi connectivity index (χ2v) is 8.67. The third-order valence-corrected chi connectivity index (χ3v) is 4.06. The molecule has 0 atom stereocenters. The first-order valence-electron chi connectivity index (χ1n) is 8.58. The minimum Gasteiger partial charge on any atom is -0.493 e. The fourth-order valence-electron chi connectivity index (χ4n) is 2.25. The summed E-state index contributed by atoms with van der Waals surface area (Å²) < 4.78 is 26.8. The average Bonchev–Trinajstić information content (AvgIpc) is 2.57. The molecule has 0 N–H and O–H groups in total. The van der Waals surface area contributed by atoms with Crippen LogP contribution in [0.5, 0.6) is 11.5 Å². The van der Waals surface area contributed by atoms with Gasteiger partial charge in [-0.2, -0.15) is 0 Å². The fraction of sp³-hybridized carbons (Fsp3) is 0.526. The van der Waals surface area contributed by atoms with Crippen LogP contribution < -0.4 is 9.47 Å². The van der Waals surface area contributed by atoms with Crippen molar-refractivity contribution in [3.63, 3.8) is 0 Å². The molecular formula is C19H26Br2FNO3. The quantitative estimate of drug-likeness (QED) is 0.206. The topological polar surface area (TPSA) is 40.0 Å². The van der Waals surface area contributed by atoms with Crippen LogP contribution >= 0.6 is 31.9 Å². The van der Waals surface area contributed by atoms with Crippen LogP contribution in [0.1, 0.15) is 44.7 Å². The molecule has 0 unspecified atom stereocenters. The van der Waals surface area contributed by atoms with Crippen molar-refractivity contribution in [1.29, 1.82) is 0 Å². The third-order valence-electron chi connectivity index (χ3n) is 3.41. The molecule has 0 aliphatic rings. The maximum absolute atomic E-state index is 14.7. The first-order valence-corrected chi connectivity index (χ1v) is 10.2. The minimum atomic E-state index is -0.358. The van der Waals surface area contributed by atoms with Gasteiger partial charge in [0.1, 0.15) is 19.0 Å². The van der Waals surface area contributed by atoms with Crippen molar-refractivity contribution in [2.24, 2.45) is 5.16 Å². The van der Waals surface area contributed by atoms with E-state index in [4.69, 9.17) is 14.3 Å². The Kier molecular flexibility index (Phi) is 10.9. The highest BCUT2D eigenvalue weighted by molar-refractivity contribution is 9.28. The highest BCUT2D eigenvalue weighted by Gasteiger charge is 2.17. The molecule has 0 saturated carbocycles. The number of unbranched alkanes of at least 4 members (excludes halogenated alkanes) is 1. The highest BCUT2D eigenvalue weighted by atomic mass is 79.9. The molecule has 4 nitrogen and oxygen atoms in total. The number of benzene rings is 1. The van der Waals surface area contributed by atoms with E-state index in [-0.39, 0.29) is 18.2 Å². The molecule has 0 fully saturated rings. The maximum atomic E-state index is 14.7. The summed E-state index contributed by atoms with van der Waals surface area (Å²) in [6.07, 6.45) is 3.93. The molecule has 0 aliphatic heterocycles. The van der Waals surface area contributed by atoms with Gasteiger partial charge in [-0.15, -0.1) is 0 Å². The zero-order chi connectivity index (χ0) is 19.5. The van der Waals surface area contributed by atoms with Crippen molar-refractivity contribution in [3.8, 4) is 11.5 Å². The SMILES string of the molecule is CCc1c(F)c(OCC=C(Br)Br)cc(C)c1OCCCCON=C(C)C. The Morgan fingerprint density at radius 1 is 1.19 bits per heavy atom. The van der Waals surface area contributed by atoms with E-state index in [9.17, 15) is 4.39 Å². The van der Waals surface area contributed by atoms with E-state index in [1.807, 2.05) is 27.7 Å². The Balaban J connectivity index is 2.66. The van der Waals surface area contributed by atoms with Gasteiger partial charge in [0.2, 0.25) is 0 Å². The standard InChI is InChI=1S/C19H26Br2FNO3/c1-5-15-18(22)16(24-11-8-17(20)21)12-14(4)19(15)25-9-6-7-10-26-23-13(2)3/h8,12H,5-7,9-11H2,1-4H3. The Bertz CT molecular complexity index is 640. The third kappa shape index (κ3) is 8.08. The van der Waals surface area contributed by atoms with Crippen molar-refractivity contribution in [2.45, 2.75) is 47.0 Å². The van der Waals surface area contributed by atoms with Crippen molar-refractivity contribution in [1.82, 2.24) is 0 Å². The van der Waals surface area contributed by atoms with E-state index in [1.165, 1.54) is 0 Å². The van der Waals surface area contributed by atoms with E-state index < -0.39 is 0 Å². The lowest BCUT2D eigenvalue weighted by Gasteiger charge is -2.17. The van der Waals surface area contributed by atoms with Crippen molar-refractivity contribution in [3.05, 3.63) is 32.5 Å². The molecule has 0 bridgehead atoms. The van der Waals surface area contributed by atoms with Crippen LogP contribution in [-0.2, 0) is 11.3 Å². The zero-order valence-electron chi connectivity index (χ0n) is 15.7. The largest absolute Gasteiger partial charge is 0.493 e. The number of aryl methyl sites for hydroxylation is 1. The summed E-state index contributed by atoms with van der Waals surface area (Å²) in [5.74, 6) is 0.492. The number of hydrogen-bond donors (Lipinski definition) is 0. The molecule has 1 aromatic carbocycles. The van der Waals surface area contributed by atoms with Crippen molar-refractivity contribution >= 4 is 37.6 Å². The lowest BCUT2D eigenvalue weighted by atomic mass is 10.1. The average molecular weight is 495 g/mol. The van der Waals surface area contributed by atoms with Gasteiger partial charge in [-0.05, 0) is 89.6 Å². The molecule has 0 aliphatic carbocycles. The molecule has 146 valence electrons. The number of oxime groups is 1. The van der Waals surface area contributed by atoms with E-state index >= 15 is 0 Å². The second kappa shape index (κ2) is 12.3. The number of halogens is 3. The van der Waals surface area contributed by atoms with Gasteiger partial charge < -0.3 is 14.3 Å². The number of rotatable bonds is 11. The van der Waals surface area contributed by atoms with Crippen molar-refractivity contribution < 1.29 is 18.7 Å². The zero-order valence-corrected chi connectivity index (χ0v) is 18.9. The Morgan fingerprint density at radius 2 is 1.88 bits per heavy atom. The Hall–Kier alpha value is -1.08. The van der Waals surface area contributed by atoms with Crippen LogP contribution in [0, 0.1) is 12.7 Å². The molecule has 0 aromatic heterocycles. The molecule has 26 heavy (non-hydrogen) atoms. The molecule has 0 heterocycles. The molecule has 0 amide bonds. The van der Waals surface area contributed by atoms with Gasteiger partial charge >= 0.3 is 0 Å². The maximum Gasteiger partial charge on any atom is 0.171 e. The van der Waals surface area contributed by atoms with Gasteiger partial charge in [-0.1, -0.05) is 12.1 Å². The Morgan fingerprint density at radius 3 is 2.50 bits per heavy atom. The lowest BCUT2D eigenvalue weighted by Crippen LogP contribution is -2.07. The summed E-state index contributed by atoms with van der Waals surface area (Å²) in [7, 11) is 0. The molecular weight excluding hydrogens is 469 g/mol. The summed E-state index contributed by atoms with van der Waals surface area (Å²) in [6.45, 7) is 8.90. The molecule has 0 radical (unpaired) electrons. The summed E-state index contributed by atoms with van der Waals surface area (Å²) in [6, 6.07) is 1.68. The highest BCUT2D eigenvalue weighted by Crippen LogP contribution is 2.33. The molecule has 7 heteroatoms. The van der Waals surface area contributed by atoms with E-state index in [0.717, 1.165) is 27.5 Å². The number of hydrogen-bond acceptors (Lipinski definition) is 4. The van der Waals surface area contributed by atoms with Crippen LogP contribution in [-0.4, -0.2) is 25.5 Å². The predicted octanol–water partition coefficient (Wildman–Crippen LogP) is 6.28. The van der Waals surface area contributed by atoms with Gasteiger partial charge in [0, 0.05) is 5.56 Å². The predicted molar refractivity (Wildman–Crippen MR) is 111 cm³/mol.